The first-order chi connectivity index (χ1) is 12.6. The predicted molar refractivity (Wildman–Crippen MR) is 104 cm³/mol. The SMILES string of the molecule is Cc1ccc(/C=C/C(=O)N2CCN(C(=O)NC3CCCCC3)CC2)cc1. The van der Waals surface area contributed by atoms with E-state index >= 15 is 0 Å². The van der Waals surface area contributed by atoms with E-state index in [9.17, 15) is 9.59 Å². The van der Waals surface area contributed by atoms with Crippen molar-refractivity contribution in [2.45, 2.75) is 45.1 Å². The van der Waals surface area contributed by atoms with Crippen molar-refractivity contribution >= 4 is 18.0 Å². The minimum Gasteiger partial charge on any atom is -0.336 e. The molecule has 1 N–H and O–H groups in total. The van der Waals surface area contributed by atoms with Gasteiger partial charge in [-0.2, -0.15) is 0 Å². The van der Waals surface area contributed by atoms with Crippen LogP contribution in [0.4, 0.5) is 4.79 Å². The van der Waals surface area contributed by atoms with Crippen molar-refractivity contribution in [1.82, 2.24) is 15.1 Å². The third kappa shape index (κ3) is 5.10. The lowest BCUT2D eigenvalue weighted by atomic mass is 9.96. The molecule has 0 atom stereocenters. The number of carbonyl (C=O) groups is 2. The number of nitrogens with one attached hydrogen (secondary N) is 1. The molecular weight excluding hydrogens is 326 g/mol. The molecule has 5 heteroatoms. The Kier molecular flexibility index (Phi) is 6.31. The molecule has 1 aliphatic heterocycles. The number of aryl methyl sites for hydroxylation is 1. The van der Waals surface area contributed by atoms with Crippen molar-refractivity contribution in [3.63, 3.8) is 0 Å². The van der Waals surface area contributed by atoms with Gasteiger partial charge in [-0.3, -0.25) is 4.79 Å². The van der Waals surface area contributed by atoms with Gasteiger partial charge in [-0.05, 0) is 31.4 Å². The van der Waals surface area contributed by atoms with Crippen LogP contribution in [0.25, 0.3) is 6.08 Å². The van der Waals surface area contributed by atoms with Crippen LogP contribution >= 0.6 is 0 Å². The van der Waals surface area contributed by atoms with Gasteiger partial charge in [0.1, 0.15) is 0 Å². The average Bonchev–Trinajstić information content (AvgIpc) is 2.68. The first-order valence-electron chi connectivity index (χ1n) is 9.71. The molecule has 1 saturated carbocycles. The van der Waals surface area contributed by atoms with Crippen LogP contribution in [0.1, 0.15) is 43.2 Å². The van der Waals surface area contributed by atoms with E-state index < -0.39 is 0 Å². The summed E-state index contributed by atoms with van der Waals surface area (Å²) >= 11 is 0. The summed E-state index contributed by atoms with van der Waals surface area (Å²) < 4.78 is 0. The number of hydrogen-bond donors (Lipinski definition) is 1. The highest BCUT2D eigenvalue weighted by molar-refractivity contribution is 5.92. The Bertz CT molecular complexity index is 640. The largest absolute Gasteiger partial charge is 0.336 e. The number of carbonyl (C=O) groups excluding carboxylic acids is 2. The minimum absolute atomic E-state index is 0.0120. The second-order valence-electron chi connectivity index (χ2n) is 7.34. The summed E-state index contributed by atoms with van der Waals surface area (Å²) in [6.07, 6.45) is 9.36. The molecule has 1 saturated heterocycles. The molecule has 1 heterocycles. The number of piperazine rings is 1. The summed E-state index contributed by atoms with van der Waals surface area (Å²) in [6, 6.07) is 8.44. The summed E-state index contributed by atoms with van der Waals surface area (Å²) in [6.45, 7) is 4.43. The lowest BCUT2D eigenvalue weighted by molar-refractivity contribution is -0.127. The minimum atomic E-state index is 0.0120. The maximum Gasteiger partial charge on any atom is 0.317 e. The highest BCUT2D eigenvalue weighted by Crippen LogP contribution is 2.17. The summed E-state index contributed by atoms with van der Waals surface area (Å²) in [5.74, 6) is 0.0120. The fourth-order valence-electron chi connectivity index (χ4n) is 3.59. The molecule has 3 amide bonds. The van der Waals surface area contributed by atoms with Crippen LogP contribution in [0.2, 0.25) is 0 Å². The van der Waals surface area contributed by atoms with Crippen molar-refractivity contribution in [3.05, 3.63) is 41.5 Å². The van der Waals surface area contributed by atoms with Gasteiger partial charge in [0, 0.05) is 38.3 Å². The molecular formula is C21H29N3O2. The third-order valence-corrected chi connectivity index (χ3v) is 5.31. The zero-order valence-corrected chi connectivity index (χ0v) is 15.6. The van der Waals surface area contributed by atoms with E-state index in [4.69, 9.17) is 0 Å². The highest BCUT2D eigenvalue weighted by Gasteiger charge is 2.25. The first-order valence-corrected chi connectivity index (χ1v) is 9.71. The van der Waals surface area contributed by atoms with Crippen LogP contribution in [0.5, 0.6) is 0 Å². The lowest BCUT2D eigenvalue weighted by Gasteiger charge is -2.35. The molecule has 0 unspecified atom stereocenters. The van der Waals surface area contributed by atoms with E-state index in [0.717, 1.165) is 18.4 Å². The number of nitrogens with zero attached hydrogens (tertiary/aromatic N) is 2. The van der Waals surface area contributed by atoms with Gasteiger partial charge in [-0.25, -0.2) is 4.79 Å². The Morgan fingerprint density at radius 2 is 1.58 bits per heavy atom. The lowest BCUT2D eigenvalue weighted by Crippen LogP contribution is -2.54. The third-order valence-electron chi connectivity index (χ3n) is 5.31. The highest BCUT2D eigenvalue weighted by atomic mass is 16.2. The van der Waals surface area contributed by atoms with Gasteiger partial charge in [0.15, 0.2) is 0 Å². The Balaban J connectivity index is 1.44. The molecule has 26 heavy (non-hydrogen) atoms. The van der Waals surface area contributed by atoms with Crippen LogP contribution < -0.4 is 5.32 Å². The summed E-state index contributed by atoms with van der Waals surface area (Å²) in [5.41, 5.74) is 2.23. The molecule has 2 fully saturated rings. The van der Waals surface area contributed by atoms with E-state index in [2.05, 4.69) is 5.32 Å². The standard InChI is InChI=1S/C21H29N3O2/c1-17-7-9-18(10-8-17)11-12-20(25)23-13-15-24(16-14-23)21(26)22-19-5-3-2-4-6-19/h7-12,19H,2-6,13-16H2,1H3,(H,22,26)/b12-11+. The van der Waals surface area contributed by atoms with Crippen molar-refractivity contribution < 1.29 is 9.59 Å². The molecule has 3 rings (SSSR count). The smallest absolute Gasteiger partial charge is 0.317 e. The van der Waals surface area contributed by atoms with Crippen LogP contribution in [-0.2, 0) is 4.79 Å². The summed E-state index contributed by atoms with van der Waals surface area (Å²) in [5, 5.41) is 3.15. The number of hydrogen-bond acceptors (Lipinski definition) is 2. The van der Waals surface area contributed by atoms with E-state index in [-0.39, 0.29) is 11.9 Å². The molecule has 1 aromatic carbocycles. The van der Waals surface area contributed by atoms with Gasteiger partial charge in [0.25, 0.3) is 0 Å². The van der Waals surface area contributed by atoms with E-state index in [1.807, 2.05) is 47.1 Å². The van der Waals surface area contributed by atoms with Crippen LogP contribution in [0, 0.1) is 6.92 Å². The van der Waals surface area contributed by atoms with Crippen LogP contribution in [-0.4, -0.2) is 54.0 Å². The molecule has 0 spiro atoms. The number of rotatable bonds is 3. The number of amides is 3. The maximum absolute atomic E-state index is 12.4. The molecule has 0 radical (unpaired) electrons. The fraction of sp³-hybridized carbons (Fsp3) is 0.524. The van der Waals surface area contributed by atoms with E-state index in [0.29, 0.717) is 32.2 Å². The topological polar surface area (TPSA) is 52.7 Å². The molecule has 0 aromatic heterocycles. The van der Waals surface area contributed by atoms with Gasteiger partial charge in [0.05, 0.1) is 0 Å². The van der Waals surface area contributed by atoms with Crippen molar-refractivity contribution in [2.75, 3.05) is 26.2 Å². The maximum atomic E-state index is 12.4. The first kappa shape index (κ1) is 18.5. The Labute approximate surface area is 156 Å². The van der Waals surface area contributed by atoms with Crippen molar-refractivity contribution in [3.8, 4) is 0 Å². The molecule has 5 nitrogen and oxygen atoms in total. The van der Waals surface area contributed by atoms with Crippen LogP contribution in [0.15, 0.2) is 30.3 Å². The van der Waals surface area contributed by atoms with Gasteiger partial charge < -0.3 is 15.1 Å². The average molecular weight is 355 g/mol. The second kappa shape index (κ2) is 8.88. The normalized spacial score (nSPS) is 19.0. The van der Waals surface area contributed by atoms with E-state index in [1.165, 1.54) is 24.8 Å². The van der Waals surface area contributed by atoms with Gasteiger partial charge >= 0.3 is 6.03 Å². The quantitative estimate of drug-likeness (QED) is 0.847. The van der Waals surface area contributed by atoms with Crippen molar-refractivity contribution in [1.29, 1.82) is 0 Å². The van der Waals surface area contributed by atoms with E-state index in [1.54, 1.807) is 6.08 Å². The second-order valence-corrected chi connectivity index (χ2v) is 7.34. The fourth-order valence-corrected chi connectivity index (χ4v) is 3.59. The number of benzene rings is 1. The van der Waals surface area contributed by atoms with Gasteiger partial charge in [-0.1, -0.05) is 49.1 Å². The van der Waals surface area contributed by atoms with Crippen LogP contribution in [0.3, 0.4) is 0 Å². The van der Waals surface area contributed by atoms with Gasteiger partial charge in [-0.15, -0.1) is 0 Å². The summed E-state index contributed by atoms with van der Waals surface area (Å²) in [7, 11) is 0. The molecule has 1 aliphatic carbocycles. The predicted octanol–water partition coefficient (Wildman–Crippen LogP) is 3.19. The number of urea groups is 1. The zero-order valence-electron chi connectivity index (χ0n) is 15.6. The molecule has 140 valence electrons. The zero-order chi connectivity index (χ0) is 18.4. The Morgan fingerprint density at radius 3 is 2.23 bits per heavy atom. The summed E-state index contributed by atoms with van der Waals surface area (Å²) in [4.78, 5) is 28.4. The Morgan fingerprint density at radius 1 is 0.962 bits per heavy atom. The molecule has 2 aliphatic rings. The monoisotopic (exact) mass is 355 g/mol. The molecule has 0 bridgehead atoms. The Hall–Kier alpha value is -2.30. The van der Waals surface area contributed by atoms with Gasteiger partial charge in [0.2, 0.25) is 5.91 Å². The molecule has 1 aromatic rings. The van der Waals surface area contributed by atoms with Crippen molar-refractivity contribution in [2.24, 2.45) is 0 Å².